The van der Waals surface area contributed by atoms with Crippen LogP contribution in [0.3, 0.4) is 0 Å². The summed E-state index contributed by atoms with van der Waals surface area (Å²) in [5, 5.41) is 12.5. The molecule has 1 saturated heterocycles. The lowest BCUT2D eigenvalue weighted by molar-refractivity contribution is -0.143. The largest absolute Gasteiger partial charge is 0.478 e. The van der Waals surface area contributed by atoms with Crippen molar-refractivity contribution in [2.24, 2.45) is 0 Å². The Morgan fingerprint density at radius 3 is 2.11 bits per heavy atom. The molecule has 1 fully saturated rings. The predicted octanol–water partition coefficient (Wildman–Crippen LogP) is 3.61. The number of likely N-dealkylation sites (tertiary alicyclic amines) is 1. The number of carboxylic acid groups (broad SMARTS) is 1. The molecular formula is C18H18F3N3O3. The van der Waals surface area contributed by atoms with Crippen LogP contribution in [0.4, 0.5) is 13.2 Å². The molecule has 0 bridgehead atoms. The maximum atomic E-state index is 13.3. The van der Waals surface area contributed by atoms with Crippen LogP contribution >= 0.6 is 0 Å². The first-order valence-corrected chi connectivity index (χ1v) is 8.57. The molecule has 1 aliphatic rings. The van der Waals surface area contributed by atoms with Crippen molar-refractivity contribution < 1.29 is 27.9 Å². The van der Waals surface area contributed by atoms with Gasteiger partial charge in [-0.05, 0) is 37.1 Å². The van der Waals surface area contributed by atoms with Crippen LogP contribution in [0.5, 0.6) is 0 Å². The van der Waals surface area contributed by atoms with Crippen molar-refractivity contribution in [1.82, 2.24) is 14.7 Å². The molecule has 0 unspecified atom stereocenters. The second kappa shape index (κ2) is 7.42. The molecule has 9 heteroatoms. The smallest absolute Gasteiger partial charge is 0.434 e. The summed E-state index contributed by atoms with van der Waals surface area (Å²) in [6, 6.07) is 5.54. The number of halogens is 3. The molecule has 0 saturated carbocycles. The standard InChI is InChI=1S/C18H18F3N3O3/c19-18(20,21)15-14(17(26)27)11-22-24(15)13-7-5-12(6-8-13)16(25)23-9-3-1-2-4-10-23/h5-8,11H,1-4,9-10H2,(H,26,27). The average Bonchev–Trinajstić information content (AvgIpc) is 2.91. The molecule has 144 valence electrons. The molecule has 2 aromatic rings. The van der Waals surface area contributed by atoms with Gasteiger partial charge in [0, 0.05) is 18.7 Å². The number of hydrogen-bond acceptors (Lipinski definition) is 3. The normalized spacial score (nSPS) is 15.4. The van der Waals surface area contributed by atoms with Crippen LogP contribution in [0, 0.1) is 0 Å². The molecule has 6 nitrogen and oxygen atoms in total. The van der Waals surface area contributed by atoms with E-state index in [1.165, 1.54) is 24.3 Å². The first-order valence-electron chi connectivity index (χ1n) is 8.57. The lowest BCUT2D eigenvalue weighted by Gasteiger charge is -2.20. The third-order valence-corrected chi connectivity index (χ3v) is 4.52. The number of carbonyl (C=O) groups excluding carboxylic acids is 1. The predicted molar refractivity (Wildman–Crippen MR) is 89.9 cm³/mol. The Labute approximate surface area is 153 Å². The van der Waals surface area contributed by atoms with E-state index in [0.717, 1.165) is 25.7 Å². The summed E-state index contributed by atoms with van der Waals surface area (Å²) in [5.41, 5.74) is -1.88. The number of carbonyl (C=O) groups is 2. The van der Waals surface area contributed by atoms with Crippen molar-refractivity contribution in [3.05, 3.63) is 47.3 Å². The second-order valence-corrected chi connectivity index (χ2v) is 6.37. The molecule has 1 aliphatic heterocycles. The fourth-order valence-corrected chi connectivity index (χ4v) is 3.18. The number of benzene rings is 1. The third-order valence-electron chi connectivity index (χ3n) is 4.52. The van der Waals surface area contributed by atoms with Crippen molar-refractivity contribution in [1.29, 1.82) is 0 Å². The van der Waals surface area contributed by atoms with Gasteiger partial charge in [-0.3, -0.25) is 4.79 Å². The first kappa shape index (κ1) is 18.9. The zero-order valence-corrected chi connectivity index (χ0v) is 14.4. The highest BCUT2D eigenvalue weighted by molar-refractivity contribution is 5.94. The van der Waals surface area contributed by atoms with Gasteiger partial charge in [-0.15, -0.1) is 0 Å². The number of hydrogen-bond donors (Lipinski definition) is 1. The molecule has 2 heterocycles. The molecular weight excluding hydrogens is 363 g/mol. The monoisotopic (exact) mass is 381 g/mol. The number of nitrogens with zero attached hydrogens (tertiary/aromatic N) is 3. The second-order valence-electron chi connectivity index (χ2n) is 6.37. The van der Waals surface area contributed by atoms with E-state index in [-0.39, 0.29) is 11.6 Å². The summed E-state index contributed by atoms with van der Waals surface area (Å²) in [6.45, 7) is 1.33. The molecule has 0 spiro atoms. The van der Waals surface area contributed by atoms with Crippen molar-refractivity contribution in [2.75, 3.05) is 13.1 Å². The number of amides is 1. The summed E-state index contributed by atoms with van der Waals surface area (Å²) in [4.78, 5) is 25.4. The molecule has 0 radical (unpaired) electrons. The Hall–Kier alpha value is -2.84. The minimum absolute atomic E-state index is 0.0299. The fourth-order valence-electron chi connectivity index (χ4n) is 3.18. The van der Waals surface area contributed by atoms with Gasteiger partial charge in [0.1, 0.15) is 5.56 Å². The Morgan fingerprint density at radius 1 is 1.00 bits per heavy atom. The number of aromatic nitrogens is 2. The van der Waals surface area contributed by atoms with Gasteiger partial charge in [0.25, 0.3) is 5.91 Å². The highest BCUT2D eigenvalue weighted by atomic mass is 19.4. The maximum absolute atomic E-state index is 13.3. The minimum Gasteiger partial charge on any atom is -0.478 e. The Bertz CT molecular complexity index is 836. The summed E-state index contributed by atoms with van der Waals surface area (Å²) < 4.78 is 40.4. The van der Waals surface area contributed by atoms with Crippen LogP contribution < -0.4 is 0 Å². The summed E-state index contributed by atoms with van der Waals surface area (Å²) >= 11 is 0. The van der Waals surface area contributed by atoms with Crippen molar-refractivity contribution in [3.63, 3.8) is 0 Å². The van der Waals surface area contributed by atoms with Gasteiger partial charge in [0.15, 0.2) is 5.69 Å². The Morgan fingerprint density at radius 2 is 1.59 bits per heavy atom. The Balaban J connectivity index is 1.90. The zero-order valence-electron chi connectivity index (χ0n) is 14.4. The SMILES string of the molecule is O=C(O)c1cnn(-c2ccc(C(=O)N3CCCCCC3)cc2)c1C(F)(F)F. The lowest BCUT2D eigenvalue weighted by Crippen LogP contribution is -2.31. The molecule has 1 aromatic heterocycles. The van der Waals surface area contributed by atoms with E-state index >= 15 is 0 Å². The van der Waals surface area contributed by atoms with Crippen LogP contribution in [0.2, 0.25) is 0 Å². The van der Waals surface area contributed by atoms with E-state index in [4.69, 9.17) is 5.11 Å². The van der Waals surface area contributed by atoms with Gasteiger partial charge in [-0.25, -0.2) is 9.48 Å². The Kier molecular flexibility index (Phi) is 5.20. The molecule has 27 heavy (non-hydrogen) atoms. The molecule has 0 atom stereocenters. The number of aromatic carboxylic acids is 1. The van der Waals surface area contributed by atoms with Crippen LogP contribution in [0.25, 0.3) is 5.69 Å². The van der Waals surface area contributed by atoms with Gasteiger partial charge in [0.2, 0.25) is 0 Å². The van der Waals surface area contributed by atoms with Crippen LogP contribution in [-0.2, 0) is 6.18 Å². The highest BCUT2D eigenvalue weighted by Gasteiger charge is 2.40. The van der Waals surface area contributed by atoms with Gasteiger partial charge < -0.3 is 10.0 Å². The van der Waals surface area contributed by atoms with Gasteiger partial charge in [-0.1, -0.05) is 12.8 Å². The van der Waals surface area contributed by atoms with Crippen molar-refractivity contribution in [2.45, 2.75) is 31.9 Å². The van der Waals surface area contributed by atoms with E-state index in [1.807, 2.05) is 0 Å². The summed E-state index contributed by atoms with van der Waals surface area (Å²) in [6.07, 6.45) is -0.192. The topological polar surface area (TPSA) is 75.4 Å². The van der Waals surface area contributed by atoms with E-state index in [0.29, 0.717) is 29.5 Å². The van der Waals surface area contributed by atoms with Crippen LogP contribution in [0.1, 0.15) is 52.1 Å². The van der Waals surface area contributed by atoms with E-state index in [1.54, 1.807) is 4.90 Å². The van der Waals surface area contributed by atoms with E-state index in [9.17, 15) is 22.8 Å². The van der Waals surface area contributed by atoms with Crippen molar-refractivity contribution >= 4 is 11.9 Å². The number of carboxylic acids is 1. The zero-order chi connectivity index (χ0) is 19.6. The van der Waals surface area contributed by atoms with Crippen LogP contribution in [-0.4, -0.2) is 44.8 Å². The average molecular weight is 381 g/mol. The summed E-state index contributed by atoms with van der Waals surface area (Å²) in [5.74, 6) is -1.87. The molecule has 1 aromatic carbocycles. The van der Waals surface area contributed by atoms with Gasteiger partial charge in [-0.2, -0.15) is 18.3 Å². The first-order chi connectivity index (χ1) is 12.8. The summed E-state index contributed by atoms with van der Waals surface area (Å²) in [7, 11) is 0. The number of rotatable bonds is 3. The molecule has 0 aliphatic carbocycles. The molecule has 1 amide bonds. The molecule has 1 N–H and O–H groups in total. The van der Waals surface area contributed by atoms with E-state index in [2.05, 4.69) is 5.10 Å². The quantitative estimate of drug-likeness (QED) is 0.881. The maximum Gasteiger partial charge on any atom is 0.434 e. The lowest BCUT2D eigenvalue weighted by atomic mass is 10.1. The molecule has 3 rings (SSSR count). The third kappa shape index (κ3) is 3.96. The van der Waals surface area contributed by atoms with E-state index < -0.39 is 23.4 Å². The minimum atomic E-state index is -4.88. The van der Waals surface area contributed by atoms with Gasteiger partial charge in [0.05, 0.1) is 11.9 Å². The fraction of sp³-hybridized carbons (Fsp3) is 0.389. The van der Waals surface area contributed by atoms with Crippen molar-refractivity contribution in [3.8, 4) is 5.69 Å². The van der Waals surface area contributed by atoms with Gasteiger partial charge >= 0.3 is 12.1 Å². The number of alkyl halides is 3. The van der Waals surface area contributed by atoms with Crippen LogP contribution in [0.15, 0.2) is 30.5 Å². The highest BCUT2D eigenvalue weighted by Crippen LogP contribution is 2.33.